The summed E-state index contributed by atoms with van der Waals surface area (Å²) in [5, 5.41) is 0. The molecule has 2 aromatic rings. The molecule has 2 heterocycles. The van der Waals surface area contributed by atoms with Gasteiger partial charge in [0.1, 0.15) is 12.3 Å². The fraction of sp³-hybridized carbons (Fsp3) is 0.520. The van der Waals surface area contributed by atoms with E-state index in [1.807, 2.05) is 49.1 Å². The number of amides is 2. The van der Waals surface area contributed by atoms with Gasteiger partial charge in [0.15, 0.2) is 0 Å². The van der Waals surface area contributed by atoms with Crippen molar-refractivity contribution >= 4 is 11.8 Å². The zero-order valence-corrected chi connectivity index (χ0v) is 19.2. The average Bonchev–Trinajstić information content (AvgIpc) is 3.25. The van der Waals surface area contributed by atoms with Crippen molar-refractivity contribution in [3.8, 4) is 5.75 Å². The lowest BCUT2D eigenvalue weighted by Crippen LogP contribution is -2.49. The zero-order chi connectivity index (χ0) is 22.4. The van der Waals surface area contributed by atoms with Gasteiger partial charge in [-0.1, -0.05) is 31.9 Å². The minimum absolute atomic E-state index is 0.0120. The van der Waals surface area contributed by atoms with E-state index in [9.17, 15) is 9.59 Å². The first-order chi connectivity index (χ1) is 15.0. The van der Waals surface area contributed by atoms with Gasteiger partial charge < -0.3 is 19.1 Å². The summed E-state index contributed by atoms with van der Waals surface area (Å²) in [5.41, 5.74) is 2.09. The number of methoxy groups -OCH3 is 1. The molecule has 0 N–H and O–H groups in total. The van der Waals surface area contributed by atoms with Crippen LogP contribution in [-0.4, -0.2) is 52.4 Å². The maximum Gasteiger partial charge on any atom is 0.243 e. The zero-order valence-electron chi connectivity index (χ0n) is 19.2. The molecule has 0 bridgehead atoms. The molecule has 3 rings (SSSR count). The standard InChI is InChI=1S/C25H35N3O3/c1-5-6-7-13-23(29)28(19(2)3)18-24(30)27-16-15-26-14-9-12-22(26)25(27)20-10-8-11-21(17-20)31-4/h8-12,14,17,19,25H,5-7,13,15-16,18H2,1-4H3. The Bertz CT molecular complexity index is 890. The third-order valence-electron chi connectivity index (χ3n) is 6.01. The van der Waals surface area contributed by atoms with E-state index >= 15 is 0 Å². The summed E-state index contributed by atoms with van der Waals surface area (Å²) in [4.78, 5) is 30.0. The summed E-state index contributed by atoms with van der Waals surface area (Å²) < 4.78 is 7.62. The highest BCUT2D eigenvalue weighted by molar-refractivity contribution is 5.85. The van der Waals surface area contributed by atoms with Crippen molar-refractivity contribution in [1.29, 1.82) is 0 Å². The van der Waals surface area contributed by atoms with E-state index < -0.39 is 0 Å². The highest BCUT2D eigenvalue weighted by atomic mass is 16.5. The fourth-order valence-electron chi connectivity index (χ4n) is 4.28. The van der Waals surface area contributed by atoms with Crippen LogP contribution in [0.1, 0.15) is 63.8 Å². The maximum absolute atomic E-state index is 13.5. The summed E-state index contributed by atoms with van der Waals surface area (Å²) in [6, 6.07) is 11.8. The van der Waals surface area contributed by atoms with Gasteiger partial charge in [-0.15, -0.1) is 0 Å². The molecule has 0 saturated heterocycles. The van der Waals surface area contributed by atoms with Gasteiger partial charge in [-0.25, -0.2) is 0 Å². The molecule has 1 aromatic carbocycles. The molecule has 0 aliphatic carbocycles. The van der Waals surface area contributed by atoms with Crippen molar-refractivity contribution in [2.75, 3.05) is 20.2 Å². The highest BCUT2D eigenvalue weighted by Crippen LogP contribution is 2.34. The van der Waals surface area contributed by atoms with Gasteiger partial charge in [0.25, 0.3) is 0 Å². The molecule has 1 aromatic heterocycles. The normalized spacial score (nSPS) is 15.6. The number of carbonyl (C=O) groups is 2. The van der Waals surface area contributed by atoms with Crippen LogP contribution in [0.2, 0.25) is 0 Å². The number of hydrogen-bond acceptors (Lipinski definition) is 3. The van der Waals surface area contributed by atoms with Crippen LogP contribution in [0.25, 0.3) is 0 Å². The number of aromatic nitrogens is 1. The highest BCUT2D eigenvalue weighted by Gasteiger charge is 2.34. The first-order valence-corrected chi connectivity index (χ1v) is 11.3. The molecule has 0 fully saturated rings. The summed E-state index contributed by atoms with van der Waals surface area (Å²) >= 11 is 0. The second-order valence-corrected chi connectivity index (χ2v) is 8.47. The van der Waals surface area contributed by atoms with Gasteiger partial charge in [0.2, 0.25) is 11.8 Å². The number of benzene rings is 1. The molecule has 6 heteroatoms. The lowest BCUT2D eigenvalue weighted by Gasteiger charge is -2.39. The van der Waals surface area contributed by atoms with Crippen LogP contribution in [0, 0.1) is 0 Å². The summed E-state index contributed by atoms with van der Waals surface area (Å²) in [6.07, 6.45) is 5.54. The number of ether oxygens (including phenoxy) is 1. The first-order valence-electron chi connectivity index (χ1n) is 11.3. The van der Waals surface area contributed by atoms with Crippen molar-refractivity contribution < 1.29 is 14.3 Å². The van der Waals surface area contributed by atoms with Crippen LogP contribution in [0.4, 0.5) is 0 Å². The number of hydrogen-bond donors (Lipinski definition) is 0. The number of fused-ring (bicyclic) bond motifs is 1. The van der Waals surface area contributed by atoms with Crippen LogP contribution in [0.3, 0.4) is 0 Å². The van der Waals surface area contributed by atoms with Crippen molar-refractivity contribution in [3.05, 3.63) is 53.9 Å². The summed E-state index contributed by atoms with van der Waals surface area (Å²) in [5.74, 6) is 0.816. The third-order valence-corrected chi connectivity index (χ3v) is 6.01. The van der Waals surface area contributed by atoms with Crippen molar-refractivity contribution in [2.24, 2.45) is 0 Å². The Hall–Kier alpha value is -2.76. The molecule has 1 unspecified atom stereocenters. The number of unbranched alkanes of at least 4 members (excludes halogenated alkanes) is 2. The molecule has 6 nitrogen and oxygen atoms in total. The maximum atomic E-state index is 13.5. The van der Waals surface area contributed by atoms with Gasteiger partial charge >= 0.3 is 0 Å². The Balaban J connectivity index is 1.84. The molecule has 0 spiro atoms. The third kappa shape index (κ3) is 5.30. The molecule has 168 valence electrons. The van der Waals surface area contributed by atoms with Gasteiger partial charge in [-0.05, 0) is 50.1 Å². The van der Waals surface area contributed by atoms with Crippen LogP contribution < -0.4 is 4.74 Å². The Morgan fingerprint density at radius 3 is 2.68 bits per heavy atom. The van der Waals surface area contributed by atoms with E-state index in [0.29, 0.717) is 13.0 Å². The van der Waals surface area contributed by atoms with Gasteiger partial charge in [0, 0.05) is 37.4 Å². The molecule has 1 aliphatic rings. The van der Waals surface area contributed by atoms with Gasteiger partial charge in [-0.3, -0.25) is 9.59 Å². The molecular weight excluding hydrogens is 390 g/mol. The molecule has 0 radical (unpaired) electrons. The van der Waals surface area contributed by atoms with E-state index in [1.165, 1.54) is 0 Å². The lowest BCUT2D eigenvalue weighted by molar-refractivity contribution is -0.143. The van der Waals surface area contributed by atoms with Crippen molar-refractivity contribution in [1.82, 2.24) is 14.4 Å². The van der Waals surface area contributed by atoms with Crippen LogP contribution >= 0.6 is 0 Å². The van der Waals surface area contributed by atoms with Crippen molar-refractivity contribution in [3.63, 3.8) is 0 Å². The largest absolute Gasteiger partial charge is 0.497 e. The van der Waals surface area contributed by atoms with E-state index in [2.05, 4.69) is 23.8 Å². The Morgan fingerprint density at radius 2 is 1.97 bits per heavy atom. The number of nitrogens with zero attached hydrogens (tertiary/aromatic N) is 3. The molecule has 0 saturated carbocycles. The van der Waals surface area contributed by atoms with Gasteiger partial charge in [-0.2, -0.15) is 0 Å². The lowest BCUT2D eigenvalue weighted by atomic mass is 9.99. The smallest absolute Gasteiger partial charge is 0.243 e. The molecular formula is C25H35N3O3. The van der Waals surface area contributed by atoms with E-state index in [0.717, 1.165) is 42.8 Å². The van der Waals surface area contributed by atoms with Gasteiger partial charge in [0.05, 0.1) is 13.2 Å². The number of rotatable bonds is 9. The Kier molecular flexibility index (Phi) is 7.77. The second-order valence-electron chi connectivity index (χ2n) is 8.47. The van der Waals surface area contributed by atoms with Crippen LogP contribution in [0.5, 0.6) is 5.75 Å². The minimum atomic E-state index is -0.199. The molecule has 1 aliphatic heterocycles. The Labute approximate surface area is 185 Å². The number of carbonyl (C=O) groups excluding carboxylic acids is 2. The van der Waals surface area contributed by atoms with Crippen molar-refractivity contribution in [2.45, 2.75) is 65.1 Å². The van der Waals surface area contributed by atoms with Crippen LogP contribution in [0.15, 0.2) is 42.6 Å². The molecule has 2 amide bonds. The molecule has 31 heavy (non-hydrogen) atoms. The fourth-order valence-corrected chi connectivity index (χ4v) is 4.28. The predicted molar refractivity (Wildman–Crippen MR) is 122 cm³/mol. The van der Waals surface area contributed by atoms with E-state index in [1.54, 1.807) is 12.0 Å². The quantitative estimate of drug-likeness (QED) is 0.565. The van der Waals surface area contributed by atoms with E-state index in [4.69, 9.17) is 4.74 Å². The monoisotopic (exact) mass is 425 g/mol. The molecule has 1 atom stereocenters. The summed E-state index contributed by atoms with van der Waals surface area (Å²) in [6.45, 7) is 7.56. The topological polar surface area (TPSA) is 54.8 Å². The SMILES string of the molecule is CCCCCC(=O)N(CC(=O)N1CCn2cccc2C1c1cccc(OC)c1)C(C)C. The minimum Gasteiger partial charge on any atom is -0.497 e. The average molecular weight is 426 g/mol. The van der Waals surface area contributed by atoms with E-state index in [-0.39, 0.29) is 30.4 Å². The van der Waals surface area contributed by atoms with Crippen LogP contribution in [-0.2, 0) is 16.1 Å². The Morgan fingerprint density at radius 1 is 1.16 bits per heavy atom. The first kappa shape index (κ1) is 22.9. The second kappa shape index (κ2) is 10.5. The summed E-state index contributed by atoms with van der Waals surface area (Å²) in [7, 11) is 1.65. The predicted octanol–water partition coefficient (Wildman–Crippen LogP) is 4.25.